The number of hydrogen-bond acceptors (Lipinski definition) is 1. The van der Waals surface area contributed by atoms with Crippen molar-refractivity contribution in [2.75, 3.05) is 6.61 Å². The molecule has 1 nitrogen and oxygen atoms in total. The second-order valence-electron chi connectivity index (χ2n) is 7.16. The lowest BCUT2D eigenvalue weighted by Crippen LogP contribution is -2.32. The van der Waals surface area contributed by atoms with E-state index in [-0.39, 0.29) is 0 Å². The van der Waals surface area contributed by atoms with Crippen molar-refractivity contribution in [2.45, 2.75) is 59.3 Å². The van der Waals surface area contributed by atoms with Crippen LogP contribution in [0.1, 0.15) is 59.3 Å². The van der Waals surface area contributed by atoms with E-state index >= 15 is 0 Å². The molecule has 2 aliphatic carbocycles. The van der Waals surface area contributed by atoms with Crippen LogP contribution < -0.4 is 0 Å². The molecule has 2 saturated carbocycles. The number of rotatable bonds is 3. The van der Waals surface area contributed by atoms with Crippen LogP contribution in [0.15, 0.2) is 0 Å². The van der Waals surface area contributed by atoms with Gasteiger partial charge in [-0.05, 0) is 54.8 Å². The Labute approximate surface area is 94.3 Å². The minimum Gasteiger partial charge on any atom is -0.396 e. The van der Waals surface area contributed by atoms with Crippen LogP contribution in [0.2, 0.25) is 0 Å². The number of fused-ring (bicyclic) bond motifs is 2. The van der Waals surface area contributed by atoms with E-state index < -0.39 is 0 Å². The zero-order chi connectivity index (χ0) is 11.1. The van der Waals surface area contributed by atoms with Gasteiger partial charge in [-0.15, -0.1) is 0 Å². The second kappa shape index (κ2) is 3.76. The fourth-order valence-electron chi connectivity index (χ4n) is 3.76. The predicted octanol–water partition coefficient (Wildman–Crippen LogP) is 3.61. The summed E-state index contributed by atoms with van der Waals surface area (Å²) in [6.07, 6.45) is 8.04. The van der Waals surface area contributed by atoms with Gasteiger partial charge >= 0.3 is 0 Å². The number of aliphatic hydroxyl groups is 1. The molecule has 88 valence electrons. The molecule has 0 spiro atoms. The summed E-state index contributed by atoms with van der Waals surface area (Å²) in [5.74, 6) is 1.79. The van der Waals surface area contributed by atoms with E-state index in [0.717, 1.165) is 11.8 Å². The first-order valence-corrected chi connectivity index (χ1v) is 6.56. The molecule has 1 N–H and O–H groups in total. The zero-order valence-corrected chi connectivity index (χ0v) is 10.6. The highest BCUT2D eigenvalue weighted by atomic mass is 16.3. The van der Waals surface area contributed by atoms with Crippen LogP contribution in [-0.2, 0) is 0 Å². The van der Waals surface area contributed by atoms with Gasteiger partial charge in [-0.25, -0.2) is 0 Å². The Morgan fingerprint density at radius 3 is 2.40 bits per heavy atom. The van der Waals surface area contributed by atoms with Gasteiger partial charge in [0.05, 0.1) is 0 Å². The predicted molar refractivity (Wildman–Crippen MR) is 63.7 cm³/mol. The fourth-order valence-corrected chi connectivity index (χ4v) is 3.76. The summed E-state index contributed by atoms with van der Waals surface area (Å²) in [6.45, 7) is 7.37. The van der Waals surface area contributed by atoms with Crippen molar-refractivity contribution in [3.05, 3.63) is 0 Å². The van der Waals surface area contributed by atoms with E-state index in [1.807, 2.05) is 0 Å². The first kappa shape index (κ1) is 11.4. The number of aliphatic hydroxyl groups excluding tert-OH is 1. The van der Waals surface area contributed by atoms with E-state index in [9.17, 15) is 5.11 Å². The number of hydrogen-bond donors (Lipinski definition) is 1. The molecule has 3 atom stereocenters. The minimum atomic E-state index is 0.316. The van der Waals surface area contributed by atoms with Crippen LogP contribution >= 0.6 is 0 Å². The molecule has 3 unspecified atom stereocenters. The van der Waals surface area contributed by atoms with Gasteiger partial charge in [-0.2, -0.15) is 0 Å². The van der Waals surface area contributed by atoms with E-state index in [1.54, 1.807) is 0 Å². The van der Waals surface area contributed by atoms with Crippen LogP contribution in [0.25, 0.3) is 0 Å². The molecule has 0 heterocycles. The molecule has 1 heteroatoms. The molecule has 0 aromatic carbocycles. The minimum absolute atomic E-state index is 0.316. The zero-order valence-electron chi connectivity index (χ0n) is 10.6. The van der Waals surface area contributed by atoms with Crippen LogP contribution in [-0.4, -0.2) is 11.7 Å². The molecule has 0 aromatic rings. The third kappa shape index (κ3) is 2.22. The van der Waals surface area contributed by atoms with Crippen molar-refractivity contribution < 1.29 is 5.11 Å². The molecule has 0 aliphatic heterocycles. The molecule has 0 saturated heterocycles. The summed E-state index contributed by atoms with van der Waals surface area (Å²) in [4.78, 5) is 0. The first-order valence-electron chi connectivity index (χ1n) is 6.56. The lowest BCUT2D eigenvalue weighted by atomic mass is 9.68. The van der Waals surface area contributed by atoms with Gasteiger partial charge in [0.1, 0.15) is 0 Å². The molecule has 2 aliphatic rings. The normalized spacial score (nSPS) is 40.0. The Hall–Kier alpha value is -0.0400. The molecule has 0 aromatic heterocycles. The van der Waals surface area contributed by atoms with Gasteiger partial charge in [0.15, 0.2) is 0 Å². The highest BCUT2D eigenvalue weighted by molar-refractivity contribution is 5.00. The van der Waals surface area contributed by atoms with E-state index in [2.05, 4.69) is 20.8 Å². The first-order chi connectivity index (χ1) is 6.95. The Bertz CT molecular complexity index is 228. The molecule has 2 rings (SSSR count). The fraction of sp³-hybridized carbons (Fsp3) is 1.00. The van der Waals surface area contributed by atoms with E-state index in [1.165, 1.54) is 38.5 Å². The molecule has 2 fully saturated rings. The van der Waals surface area contributed by atoms with Crippen molar-refractivity contribution in [3.63, 3.8) is 0 Å². The monoisotopic (exact) mass is 210 g/mol. The second-order valence-corrected chi connectivity index (χ2v) is 7.16. The third-order valence-corrected chi connectivity index (χ3v) is 4.79. The van der Waals surface area contributed by atoms with Gasteiger partial charge < -0.3 is 5.11 Å². The van der Waals surface area contributed by atoms with E-state index in [0.29, 0.717) is 17.4 Å². The Morgan fingerprint density at radius 2 is 2.00 bits per heavy atom. The van der Waals surface area contributed by atoms with E-state index in [4.69, 9.17) is 0 Å². The van der Waals surface area contributed by atoms with Crippen LogP contribution in [0, 0.1) is 22.7 Å². The van der Waals surface area contributed by atoms with Crippen LogP contribution in [0.4, 0.5) is 0 Å². The molecular formula is C14H26O. The summed E-state index contributed by atoms with van der Waals surface area (Å²) in [6, 6.07) is 0. The largest absolute Gasteiger partial charge is 0.396 e. The highest BCUT2D eigenvalue weighted by Crippen LogP contribution is 2.58. The SMILES string of the molecule is CC(C)(C)CCC1(CO)CC2CCC1C2. The van der Waals surface area contributed by atoms with Gasteiger partial charge in [0, 0.05) is 6.61 Å². The van der Waals surface area contributed by atoms with Gasteiger partial charge in [-0.3, -0.25) is 0 Å². The average molecular weight is 210 g/mol. The lowest BCUT2D eigenvalue weighted by Gasteiger charge is -2.38. The van der Waals surface area contributed by atoms with Gasteiger partial charge in [-0.1, -0.05) is 27.2 Å². The maximum atomic E-state index is 9.74. The van der Waals surface area contributed by atoms with Crippen molar-refractivity contribution >= 4 is 0 Å². The molecular weight excluding hydrogens is 184 g/mol. The molecule has 2 bridgehead atoms. The Kier molecular flexibility index (Phi) is 2.87. The topological polar surface area (TPSA) is 20.2 Å². The summed E-state index contributed by atoms with van der Waals surface area (Å²) in [7, 11) is 0. The van der Waals surface area contributed by atoms with Crippen LogP contribution in [0.3, 0.4) is 0 Å². The van der Waals surface area contributed by atoms with Gasteiger partial charge in [0.2, 0.25) is 0 Å². The molecule has 0 amide bonds. The summed E-state index contributed by atoms with van der Waals surface area (Å²) in [5.41, 5.74) is 0.736. The summed E-state index contributed by atoms with van der Waals surface area (Å²) in [5, 5.41) is 9.74. The third-order valence-electron chi connectivity index (χ3n) is 4.79. The average Bonchev–Trinajstić information content (AvgIpc) is 2.73. The summed E-state index contributed by atoms with van der Waals surface area (Å²) >= 11 is 0. The van der Waals surface area contributed by atoms with Gasteiger partial charge in [0.25, 0.3) is 0 Å². The van der Waals surface area contributed by atoms with Crippen molar-refractivity contribution in [3.8, 4) is 0 Å². The Balaban J connectivity index is 1.98. The molecule has 15 heavy (non-hydrogen) atoms. The van der Waals surface area contributed by atoms with Crippen molar-refractivity contribution in [1.82, 2.24) is 0 Å². The summed E-state index contributed by atoms with van der Waals surface area (Å²) < 4.78 is 0. The lowest BCUT2D eigenvalue weighted by molar-refractivity contribution is 0.0452. The van der Waals surface area contributed by atoms with Crippen LogP contribution in [0.5, 0.6) is 0 Å². The molecule has 0 radical (unpaired) electrons. The quantitative estimate of drug-likeness (QED) is 0.754. The standard InChI is InChI=1S/C14H26O/c1-13(2,3)6-7-14(10-15)9-11-4-5-12(14)8-11/h11-12,15H,4-10H2,1-3H3. The smallest absolute Gasteiger partial charge is 0.0490 e. The highest BCUT2D eigenvalue weighted by Gasteiger charge is 2.50. The van der Waals surface area contributed by atoms with Crippen molar-refractivity contribution in [2.24, 2.45) is 22.7 Å². The Morgan fingerprint density at radius 1 is 1.27 bits per heavy atom. The van der Waals surface area contributed by atoms with Crippen molar-refractivity contribution in [1.29, 1.82) is 0 Å². The maximum Gasteiger partial charge on any atom is 0.0490 e. The maximum absolute atomic E-state index is 9.74.